The molecule has 0 saturated carbocycles. The van der Waals surface area contributed by atoms with Crippen LogP contribution in [0.3, 0.4) is 0 Å². The van der Waals surface area contributed by atoms with Crippen molar-refractivity contribution in [2.45, 2.75) is 44.9 Å². The summed E-state index contributed by atoms with van der Waals surface area (Å²) >= 11 is 0. The van der Waals surface area contributed by atoms with Gasteiger partial charge < -0.3 is 10.1 Å². The van der Waals surface area contributed by atoms with E-state index in [2.05, 4.69) is 54.2 Å². The summed E-state index contributed by atoms with van der Waals surface area (Å²) in [6.07, 6.45) is 3.86. The number of para-hydroxylation sites is 1. The minimum absolute atomic E-state index is 0.142. The van der Waals surface area contributed by atoms with Gasteiger partial charge in [0.2, 0.25) is 0 Å². The Balaban J connectivity index is 1.88. The molecule has 19 heavy (non-hydrogen) atoms. The highest BCUT2D eigenvalue weighted by Crippen LogP contribution is 2.30. The Morgan fingerprint density at radius 3 is 3.00 bits per heavy atom. The molecule has 3 rings (SSSR count). The summed E-state index contributed by atoms with van der Waals surface area (Å²) in [6, 6.07) is 8.40. The molecule has 1 atom stereocenters. The van der Waals surface area contributed by atoms with Gasteiger partial charge in [0.05, 0.1) is 6.10 Å². The summed E-state index contributed by atoms with van der Waals surface area (Å²) in [5.74, 6) is 0. The third kappa shape index (κ3) is 2.17. The highest BCUT2D eigenvalue weighted by molar-refractivity contribution is 5.82. The molecule has 102 valence electrons. The van der Waals surface area contributed by atoms with E-state index in [9.17, 15) is 5.11 Å². The fraction of sp³-hybridized carbons (Fsp3) is 0.500. The van der Waals surface area contributed by atoms with Crippen molar-refractivity contribution in [1.29, 1.82) is 0 Å². The number of nitrogens with zero attached hydrogens (tertiary/aromatic N) is 1. The molecule has 0 bridgehead atoms. The van der Waals surface area contributed by atoms with Gasteiger partial charge in [0, 0.05) is 29.2 Å². The first kappa shape index (κ1) is 12.7. The van der Waals surface area contributed by atoms with E-state index in [1.54, 1.807) is 0 Å². The standard InChI is InChI=1S/C16H22N2O/c1-16(2)15(19)8-5-9-18(16)11-12-10-17-14-7-4-3-6-13(12)14/h3-4,6-7,10,15,17,19H,5,8-9,11H2,1-2H3. The predicted molar refractivity (Wildman–Crippen MR) is 78.0 cm³/mol. The molecule has 2 aromatic rings. The molecule has 1 aromatic heterocycles. The number of aromatic nitrogens is 1. The minimum atomic E-state index is -0.230. The van der Waals surface area contributed by atoms with Crippen LogP contribution in [0.5, 0.6) is 0 Å². The number of fused-ring (bicyclic) bond motifs is 1. The maximum Gasteiger partial charge on any atom is 0.0719 e. The van der Waals surface area contributed by atoms with Crippen molar-refractivity contribution >= 4 is 10.9 Å². The third-order valence-electron chi connectivity index (χ3n) is 4.57. The van der Waals surface area contributed by atoms with Crippen molar-refractivity contribution in [2.24, 2.45) is 0 Å². The van der Waals surface area contributed by atoms with E-state index >= 15 is 0 Å². The Bertz CT molecular complexity index is 573. The normalized spacial score (nSPS) is 23.8. The van der Waals surface area contributed by atoms with Crippen molar-refractivity contribution in [2.75, 3.05) is 6.54 Å². The van der Waals surface area contributed by atoms with Crippen LogP contribution >= 0.6 is 0 Å². The van der Waals surface area contributed by atoms with Crippen LogP contribution < -0.4 is 0 Å². The Morgan fingerprint density at radius 1 is 1.37 bits per heavy atom. The monoisotopic (exact) mass is 258 g/mol. The number of nitrogens with one attached hydrogen (secondary N) is 1. The molecule has 1 saturated heterocycles. The van der Waals surface area contributed by atoms with Gasteiger partial charge in [-0.3, -0.25) is 4.90 Å². The first-order valence-corrected chi connectivity index (χ1v) is 7.07. The number of aliphatic hydroxyl groups is 1. The van der Waals surface area contributed by atoms with Gasteiger partial charge in [0.25, 0.3) is 0 Å². The maximum absolute atomic E-state index is 10.2. The number of H-pyrrole nitrogens is 1. The summed E-state index contributed by atoms with van der Waals surface area (Å²) in [5.41, 5.74) is 2.36. The SMILES string of the molecule is CC1(C)C(O)CCCN1Cc1c[nH]c2ccccc12. The van der Waals surface area contributed by atoms with E-state index in [4.69, 9.17) is 0 Å². The number of piperidine rings is 1. The number of hydrogen-bond donors (Lipinski definition) is 2. The second-order valence-electron chi connectivity index (χ2n) is 6.09. The molecule has 0 amide bonds. The molecule has 0 aliphatic carbocycles. The average Bonchev–Trinajstić information content (AvgIpc) is 2.79. The summed E-state index contributed by atoms with van der Waals surface area (Å²) in [6.45, 7) is 6.25. The van der Waals surface area contributed by atoms with E-state index in [0.717, 1.165) is 25.9 Å². The van der Waals surface area contributed by atoms with E-state index in [0.29, 0.717) is 0 Å². The van der Waals surface area contributed by atoms with Gasteiger partial charge in [-0.05, 0) is 44.9 Å². The van der Waals surface area contributed by atoms with Crippen molar-refractivity contribution < 1.29 is 5.11 Å². The van der Waals surface area contributed by atoms with Gasteiger partial charge in [-0.25, -0.2) is 0 Å². The number of aromatic amines is 1. The van der Waals surface area contributed by atoms with Crippen molar-refractivity contribution in [3.05, 3.63) is 36.0 Å². The number of benzene rings is 1. The summed E-state index contributed by atoms with van der Waals surface area (Å²) in [4.78, 5) is 5.73. The Morgan fingerprint density at radius 2 is 2.16 bits per heavy atom. The lowest BCUT2D eigenvalue weighted by Crippen LogP contribution is -2.55. The lowest BCUT2D eigenvalue weighted by molar-refractivity contribution is -0.0479. The predicted octanol–water partition coefficient (Wildman–Crippen LogP) is 2.90. The molecule has 2 N–H and O–H groups in total. The maximum atomic E-state index is 10.2. The molecule has 1 unspecified atom stereocenters. The van der Waals surface area contributed by atoms with Crippen LogP contribution in [0.4, 0.5) is 0 Å². The van der Waals surface area contributed by atoms with E-state index in [1.165, 1.54) is 16.5 Å². The smallest absolute Gasteiger partial charge is 0.0719 e. The zero-order chi connectivity index (χ0) is 13.5. The molecule has 0 radical (unpaired) electrons. The van der Waals surface area contributed by atoms with Crippen molar-refractivity contribution in [3.8, 4) is 0 Å². The van der Waals surface area contributed by atoms with Crippen LogP contribution in [-0.2, 0) is 6.54 Å². The van der Waals surface area contributed by atoms with Crippen LogP contribution in [0.1, 0.15) is 32.3 Å². The molecule has 0 spiro atoms. The fourth-order valence-corrected chi connectivity index (χ4v) is 3.08. The summed E-state index contributed by atoms with van der Waals surface area (Å²) in [7, 11) is 0. The van der Waals surface area contributed by atoms with Gasteiger partial charge in [-0.2, -0.15) is 0 Å². The van der Waals surface area contributed by atoms with Crippen LogP contribution in [-0.4, -0.2) is 33.2 Å². The van der Waals surface area contributed by atoms with Gasteiger partial charge >= 0.3 is 0 Å². The summed E-state index contributed by atoms with van der Waals surface area (Å²) < 4.78 is 0. The van der Waals surface area contributed by atoms with Gasteiger partial charge in [-0.15, -0.1) is 0 Å². The van der Waals surface area contributed by atoms with Crippen LogP contribution in [0.2, 0.25) is 0 Å². The zero-order valence-corrected chi connectivity index (χ0v) is 11.7. The second kappa shape index (κ2) is 4.66. The zero-order valence-electron chi connectivity index (χ0n) is 11.7. The van der Waals surface area contributed by atoms with Crippen LogP contribution in [0.25, 0.3) is 10.9 Å². The fourth-order valence-electron chi connectivity index (χ4n) is 3.08. The lowest BCUT2D eigenvalue weighted by Gasteiger charge is -2.45. The van der Waals surface area contributed by atoms with Crippen LogP contribution in [0, 0.1) is 0 Å². The molecule has 3 heteroatoms. The third-order valence-corrected chi connectivity index (χ3v) is 4.57. The lowest BCUT2D eigenvalue weighted by atomic mass is 9.87. The minimum Gasteiger partial charge on any atom is -0.391 e. The Labute approximate surface area is 114 Å². The van der Waals surface area contributed by atoms with Gasteiger partial charge in [0.15, 0.2) is 0 Å². The molecule has 1 fully saturated rings. The first-order chi connectivity index (χ1) is 9.09. The Kier molecular flexibility index (Phi) is 3.11. The average molecular weight is 258 g/mol. The second-order valence-corrected chi connectivity index (χ2v) is 6.09. The molecule has 3 nitrogen and oxygen atoms in total. The molecular weight excluding hydrogens is 236 g/mol. The largest absolute Gasteiger partial charge is 0.391 e. The van der Waals surface area contributed by atoms with Crippen molar-refractivity contribution in [1.82, 2.24) is 9.88 Å². The number of likely N-dealkylation sites (tertiary alicyclic amines) is 1. The molecule has 1 aliphatic rings. The quantitative estimate of drug-likeness (QED) is 0.869. The molecule has 2 heterocycles. The molecule has 1 aliphatic heterocycles. The molecular formula is C16H22N2O. The Hall–Kier alpha value is -1.32. The highest BCUT2D eigenvalue weighted by Gasteiger charge is 2.37. The van der Waals surface area contributed by atoms with E-state index < -0.39 is 0 Å². The van der Waals surface area contributed by atoms with Crippen LogP contribution in [0.15, 0.2) is 30.5 Å². The first-order valence-electron chi connectivity index (χ1n) is 7.07. The van der Waals surface area contributed by atoms with Gasteiger partial charge in [0.1, 0.15) is 0 Å². The van der Waals surface area contributed by atoms with E-state index in [1.807, 2.05) is 0 Å². The number of hydrogen-bond acceptors (Lipinski definition) is 2. The van der Waals surface area contributed by atoms with Gasteiger partial charge in [-0.1, -0.05) is 18.2 Å². The van der Waals surface area contributed by atoms with Crippen molar-refractivity contribution in [3.63, 3.8) is 0 Å². The summed E-state index contributed by atoms with van der Waals surface area (Å²) in [5, 5.41) is 11.5. The topological polar surface area (TPSA) is 39.3 Å². The highest BCUT2D eigenvalue weighted by atomic mass is 16.3. The number of aliphatic hydroxyl groups excluding tert-OH is 1. The molecule has 1 aromatic carbocycles. The number of rotatable bonds is 2. The van der Waals surface area contributed by atoms with E-state index in [-0.39, 0.29) is 11.6 Å².